The van der Waals surface area contributed by atoms with Gasteiger partial charge in [-0.2, -0.15) is 0 Å². The number of anilines is 2. The molecule has 1 aliphatic heterocycles. The summed E-state index contributed by atoms with van der Waals surface area (Å²) < 4.78 is 0. The predicted molar refractivity (Wildman–Crippen MR) is 78.6 cm³/mol. The van der Waals surface area contributed by atoms with E-state index in [1.54, 1.807) is 23.9 Å². The van der Waals surface area contributed by atoms with Gasteiger partial charge in [0.1, 0.15) is 0 Å². The van der Waals surface area contributed by atoms with Crippen molar-refractivity contribution in [3.63, 3.8) is 0 Å². The molecule has 2 aromatic carbocycles. The molecule has 0 atom stereocenters. The average Bonchev–Trinajstić information content (AvgIpc) is 2.46. The Morgan fingerprint density at radius 2 is 1.74 bits per heavy atom. The molecule has 0 unspecified atom stereocenters. The van der Waals surface area contributed by atoms with Crippen molar-refractivity contribution in [1.82, 2.24) is 0 Å². The lowest BCUT2D eigenvalue weighted by molar-refractivity contribution is 0.0696. The number of fused-ring (bicyclic) bond motifs is 2. The Balaban J connectivity index is 0.000000637. The van der Waals surface area contributed by atoms with Crippen LogP contribution in [0.5, 0.6) is 0 Å². The van der Waals surface area contributed by atoms with E-state index < -0.39 is 5.97 Å². The van der Waals surface area contributed by atoms with Gasteiger partial charge < -0.3 is 10.4 Å². The van der Waals surface area contributed by atoms with E-state index in [1.165, 1.54) is 0 Å². The van der Waals surface area contributed by atoms with Gasteiger partial charge in [-0.1, -0.05) is 37.7 Å². The van der Waals surface area contributed by atoms with Gasteiger partial charge in [0.25, 0.3) is 0 Å². The summed E-state index contributed by atoms with van der Waals surface area (Å²) in [6, 6.07) is 13.1. The summed E-state index contributed by atoms with van der Waals surface area (Å²) in [6.45, 7) is 4.00. The Labute approximate surface area is 116 Å². The van der Waals surface area contributed by atoms with Crippen LogP contribution in [-0.2, 0) is 0 Å². The molecule has 0 amide bonds. The summed E-state index contributed by atoms with van der Waals surface area (Å²) in [7, 11) is 0. The van der Waals surface area contributed by atoms with E-state index in [4.69, 9.17) is 5.11 Å². The number of hydrogen-bond donors (Lipinski definition) is 2. The summed E-state index contributed by atoms with van der Waals surface area (Å²) in [5, 5.41) is 12.2. The van der Waals surface area contributed by atoms with Crippen LogP contribution in [0.1, 0.15) is 24.2 Å². The highest BCUT2D eigenvalue weighted by atomic mass is 32.2. The monoisotopic (exact) mass is 273 g/mol. The summed E-state index contributed by atoms with van der Waals surface area (Å²) in [6.07, 6.45) is 0. The van der Waals surface area contributed by atoms with Crippen LogP contribution in [0, 0.1) is 0 Å². The third kappa shape index (κ3) is 2.74. The minimum Gasteiger partial charge on any atom is -0.478 e. The normalized spacial score (nSPS) is 11.3. The van der Waals surface area contributed by atoms with E-state index in [0.717, 1.165) is 21.2 Å². The van der Waals surface area contributed by atoms with Gasteiger partial charge in [0.15, 0.2) is 0 Å². The van der Waals surface area contributed by atoms with Gasteiger partial charge in [0.2, 0.25) is 0 Å². The Kier molecular flexibility index (Phi) is 4.12. The molecule has 0 aromatic heterocycles. The molecule has 0 fully saturated rings. The maximum atomic E-state index is 10.9. The average molecular weight is 273 g/mol. The zero-order chi connectivity index (χ0) is 13.8. The van der Waals surface area contributed by atoms with Crippen molar-refractivity contribution in [2.24, 2.45) is 0 Å². The predicted octanol–water partition coefficient (Wildman–Crippen LogP) is 4.62. The lowest BCUT2D eigenvalue weighted by Gasteiger charge is -2.20. The molecule has 2 aromatic rings. The highest BCUT2D eigenvalue weighted by molar-refractivity contribution is 7.99. The quantitative estimate of drug-likeness (QED) is 0.679. The van der Waals surface area contributed by atoms with Crippen molar-refractivity contribution in [2.75, 3.05) is 5.32 Å². The first-order chi connectivity index (χ1) is 9.24. The number of carbonyl (C=O) groups is 1. The van der Waals surface area contributed by atoms with Gasteiger partial charge in [0.05, 0.1) is 16.9 Å². The highest BCUT2D eigenvalue weighted by Crippen LogP contribution is 2.44. The summed E-state index contributed by atoms with van der Waals surface area (Å²) in [5.41, 5.74) is 2.34. The fraction of sp³-hybridized carbons (Fsp3) is 0.133. The van der Waals surface area contributed by atoms with Crippen LogP contribution < -0.4 is 5.32 Å². The molecule has 98 valence electrons. The second-order valence-corrected chi connectivity index (χ2v) is 4.82. The maximum Gasteiger partial charge on any atom is 0.335 e. The van der Waals surface area contributed by atoms with Gasteiger partial charge in [-0.15, -0.1) is 0 Å². The first-order valence-corrected chi connectivity index (χ1v) is 6.97. The SMILES string of the molecule is CC.O=C(O)c1ccc2c(c1)Sc1ccccc1N2. The summed E-state index contributed by atoms with van der Waals surface area (Å²) in [4.78, 5) is 13.0. The molecule has 1 heterocycles. The Bertz CT molecular complexity index is 611. The van der Waals surface area contributed by atoms with E-state index in [1.807, 2.05) is 44.2 Å². The minimum atomic E-state index is -0.896. The third-order valence-electron chi connectivity index (χ3n) is 2.60. The number of carboxylic acids is 1. The second-order valence-electron chi connectivity index (χ2n) is 3.74. The van der Waals surface area contributed by atoms with Gasteiger partial charge in [-0.25, -0.2) is 4.79 Å². The van der Waals surface area contributed by atoms with Crippen LogP contribution in [0.4, 0.5) is 11.4 Å². The fourth-order valence-electron chi connectivity index (χ4n) is 1.77. The molecule has 2 N–H and O–H groups in total. The van der Waals surface area contributed by atoms with E-state index in [-0.39, 0.29) is 0 Å². The van der Waals surface area contributed by atoms with Gasteiger partial charge >= 0.3 is 5.97 Å². The number of nitrogens with one attached hydrogen (secondary N) is 1. The van der Waals surface area contributed by atoms with Crippen LogP contribution in [0.3, 0.4) is 0 Å². The van der Waals surface area contributed by atoms with Crippen molar-refractivity contribution in [3.8, 4) is 0 Å². The number of benzene rings is 2. The van der Waals surface area contributed by atoms with Crippen molar-refractivity contribution >= 4 is 29.1 Å². The molecule has 0 radical (unpaired) electrons. The fourth-order valence-corrected chi connectivity index (χ4v) is 2.79. The molecule has 4 heteroatoms. The molecule has 0 aliphatic carbocycles. The Morgan fingerprint density at radius 1 is 1.05 bits per heavy atom. The van der Waals surface area contributed by atoms with Gasteiger partial charge in [-0.05, 0) is 30.3 Å². The first kappa shape index (κ1) is 13.5. The summed E-state index contributed by atoms with van der Waals surface area (Å²) in [5.74, 6) is -0.896. The molecule has 0 saturated heterocycles. The number of para-hydroxylation sites is 1. The molecular weight excluding hydrogens is 258 g/mol. The lowest BCUT2D eigenvalue weighted by Crippen LogP contribution is -2.02. The molecule has 19 heavy (non-hydrogen) atoms. The zero-order valence-electron chi connectivity index (χ0n) is 10.8. The van der Waals surface area contributed by atoms with Crippen LogP contribution in [0.2, 0.25) is 0 Å². The highest BCUT2D eigenvalue weighted by Gasteiger charge is 2.16. The molecule has 0 spiro atoms. The standard InChI is InChI=1S/C13H9NO2S.C2H6/c15-13(16)8-5-6-10-12(7-8)17-11-4-2-1-3-9(11)14-10;1-2/h1-7,14H,(H,15,16);1-2H3. The molecule has 1 aliphatic rings. The van der Waals surface area contributed by atoms with E-state index in [2.05, 4.69) is 5.32 Å². The van der Waals surface area contributed by atoms with E-state index >= 15 is 0 Å². The third-order valence-corrected chi connectivity index (χ3v) is 3.74. The molecule has 0 bridgehead atoms. The minimum absolute atomic E-state index is 0.317. The maximum absolute atomic E-state index is 10.9. The van der Waals surface area contributed by atoms with E-state index in [9.17, 15) is 4.79 Å². The molecule has 3 rings (SSSR count). The number of hydrogen-bond acceptors (Lipinski definition) is 3. The Hall–Kier alpha value is -1.94. The van der Waals surface area contributed by atoms with Crippen LogP contribution >= 0.6 is 11.8 Å². The van der Waals surface area contributed by atoms with Crippen molar-refractivity contribution in [1.29, 1.82) is 0 Å². The second kappa shape index (κ2) is 5.80. The number of aromatic carboxylic acids is 1. The van der Waals surface area contributed by atoms with Crippen molar-refractivity contribution < 1.29 is 9.90 Å². The number of carboxylic acid groups (broad SMARTS) is 1. The van der Waals surface area contributed by atoms with Gasteiger partial charge in [-0.3, -0.25) is 0 Å². The van der Waals surface area contributed by atoms with Crippen molar-refractivity contribution in [3.05, 3.63) is 48.0 Å². The largest absolute Gasteiger partial charge is 0.478 e. The molecule has 3 nitrogen and oxygen atoms in total. The first-order valence-electron chi connectivity index (χ1n) is 6.15. The number of rotatable bonds is 1. The topological polar surface area (TPSA) is 49.3 Å². The van der Waals surface area contributed by atoms with Crippen LogP contribution in [-0.4, -0.2) is 11.1 Å². The molecule has 0 saturated carbocycles. The smallest absolute Gasteiger partial charge is 0.335 e. The molecular formula is C15H15NO2S. The van der Waals surface area contributed by atoms with Crippen molar-refractivity contribution in [2.45, 2.75) is 23.6 Å². The van der Waals surface area contributed by atoms with Gasteiger partial charge in [0, 0.05) is 9.79 Å². The Morgan fingerprint density at radius 3 is 2.47 bits per heavy atom. The summed E-state index contributed by atoms with van der Waals surface area (Å²) >= 11 is 1.59. The zero-order valence-corrected chi connectivity index (χ0v) is 11.6. The lowest BCUT2D eigenvalue weighted by atomic mass is 10.2. The van der Waals surface area contributed by atoms with Crippen LogP contribution in [0.25, 0.3) is 0 Å². The van der Waals surface area contributed by atoms with Crippen LogP contribution in [0.15, 0.2) is 52.3 Å². The van der Waals surface area contributed by atoms with E-state index in [0.29, 0.717) is 5.56 Å².